The summed E-state index contributed by atoms with van der Waals surface area (Å²) in [5, 5.41) is 2.83. The van der Waals surface area contributed by atoms with Crippen molar-refractivity contribution in [1.29, 1.82) is 0 Å². The molecule has 0 atom stereocenters. The third-order valence-corrected chi connectivity index (χ3v) is 8.00. The third kappa shape index (κ3) is 7.61. The van der Waals surface area contributed by atoms with Crippen LogP contribution < -0.4 is 10.1 Å². The first-order chi connectivity index (χ1) is 18.6. The molecule has 2 aliphatic rings. The van der Waals surface area contributed by atoms with Crippen molar-refractivity contribution in [2.75, 3.05) is 25.5 Å². The van der Waals surface area contributed by atoms with Gasteiger partial charge in [0.2, 0.25) is 11.8 Å². The fourth-order valence-corrected chi connectivity index (χ4v) is 5.57. The molecule has 1 saturated heterocycles. The fourth-order valence-electron chi connectivity index (χ4n) is 5.57. The monoisotopic (exact) mass is 544 g/mol. The molecule has 4 rings (SSSR count). The smallest absolute Gasteiger partial charge is 0.391 e. The molecule has 2 fully saturated rings. The van der Waals surface area contributed by atoms with Crippen LogP contribution in [0.1, 0.15) is 73.2 Å². The summed E-state index contributed by atoms with van der Waals surface area (Å²) in [6.07, 6.45) is -1.69. The molecule has 0 bridgehead atoms. The molecule has 1 saturated carbocycles. The van der Waals surface area contributed by atoms with Crippen molar-refractivity contribution in [2.24, 2.45) is 11.8 Å². The number of hydrogen-bond acceptors (Lipinski definition) is 4. The topological polar surface area (TPSA) is 75.7 Å². The maximum absolute atomic E-state index is 12.9. The van der Waals surface area contributed by atoms with Crippen molar-refractivity contribution in [3.8, 4) is 5.75 Å². The van der Waals surface area contributed by atoms with E-state index in [2.05, 4.69) is 5.32 Å². The van der Waals surface area contributed by atoms with Crippen LogP contribution in [0.3, 0.4) is 0 Å². The van der Waals surface area contributed by atoms with Crippen LogP contribution in [0.25, 0.3) is 0 Å². The Morgan fingerprint density at radius 1 is 0.872 bits per heavy atom. The Labute approximate surface area is 226 Å². The molecule has 0 unspecified atom stereocenters. The highest BCUT2D eigenvalue weighted by atomic mass is 19.4. The normalized spacial score (nSPS) is 20.4. The number of likely N-dealkylation sites (tertiary alicyclic amines) is 1. The van der Waals surface area contributed by atoms with E-state index < -0.39 is 12.1 Å². The molecule has 2 amide bonds. The van der Waals surface area contributed by atoms with E-state index in [1.54, 1.807) is 31.4 Å². The maximum Gasteiger partial charge on any atom is 0.391 e. The molecule has 1 aliphatic heterocycles. The van der Waals surface area contributed by atoms with Crippen molar-refractivity contribution in [1.82, 2.24) is 4.90 Å². The number of nitrogens with one attached hydrogen (secondary N) is 1. The van der Waals surface area contributed by atoms with Crippen LogP contribution in [0.5, 0.6) is 5.75 Å². The van der Waals surface area contributed by atoms with Gasteiger partial charge >= 0.3 is 6.18 Å². The van der Waals surface area contributed by atoms with E-state index in [1.165, 1.54) is 0 Å². The van der Waals surface area contributed by atoms with Crippen LogP contribution in [0.4, 0.5) is 18.9 Å². The number of anilines is 1. The van der Waals surface area contributed by atoms with Gasteiger partial charge in [0, 0.05) is 43.1 Å². The Bertz CT molecular complexity index is 1130. The zero-order valence-corrected chi connectivity index (χ0v) is 22.1. The second kappa shape index (κ2) is 12.7. The molecule has 6 nitrogen and oxygen atoms in total. The molecule has 1 N–H and O–H groups in total. The molecular weight excluding hydrogens is 509 g/mol. The highest BCUT2D eigenvalue weighted by Crippen LogP contribution is 2.40. The molecule has 1 aliphatic carbocycles. The Hall–Kier alpha value is -3.36. The number of Topliss-reactive ketones (excluding diaryl/α,β-unsaturated/α-hetero) is 1. The Morgan fingerprint density at radius 2 is 1.49 bits per heavy atom. The van der Waals surface area contributed by atoms with Crippen LogP contribution in [0.2, 0.25) is 0 Å². The van der Waals surface area contributed by atoms with Gasteiger partial charge in [-0.3, -0.25) is 14.4 Å². The molecule has 9 heteroatoms. The van der Waals surface area contributed by atoms with Crippen LogP contribution in [0, 0.1) is 11.8 Å². The highest BCUT2D eigenvalue weighted by molar-refractivity contribution is 6.00. The van der Waals surface area contributed by atoms with E-state index in [4.69, 9.17) is 4.74 Å². The lowest BCUT2D eigenvalue weighted by Gasteiger charge is -2.36. The summed E-state index contributed by atoms with van der Waals surface area (Å²) >= 11 is 0. The number of alkyl halides is 3. The summed E-state index contributed by atoms with van der Waals surface area (Å²) in [4.78, 5) is 39.4. The Kier molecular flexibility index (Phi) is 9.30. The van der Waals surface area contributed by atoms with Gasteiger partial charge in [0.15, 0.2) is 5.78 Å². The number of hydrogen-bond donors (Lipinski definition) is 1. The lowest BCUT2D eigenvalue weighted by atomic mass is 9.80. The van der Waals surface area contributed by atoms with Gasteiger partial charge in [0.1, 0.15) is 5.75 Å². The van der Waals surface area contributed by atoms with Gasteiger partial charge in [-0.05, 0) is 86.4 Å². The third-order valence-electron chi connectivity index (χ3n) is 8.00. The first-order valence-corrected chi connectivity index (χ1v) is 13.6. The second-order valence-electron chi connectivity index (χ2n) is 10.5. The molecule has 0 spiro atoms. The number of methoxy groups -OCH3 is 1. The van der Waals surface area contributed by atoms with Gasteiger partial charge in [-0.2, -0.15) is 13.2 Å². The predicted octanol–water partition coefficient (Wildman–Crippen LogP) is 6.37. The Balaban J connectivity index is 1.19. The minimum atomic E-state index is -4.17. The number of rotatable bonds is 8. The van der Waals surface area contributed by atoms with Crippen molar-refractivity contribution in [3.63, 3.8) is 0 Å². The maximum atomic E-state index is 12.9. The Morgan fingerprint density at radius 3 is 2.05 bits per heavy atom. The summed E-state index contributed by atoms with van der Waals surface area (Å²) in [6.45, 7) is 1.20. The average Bonchev–Trinajstić information content (AvgIpc) is 2.95. The van der Waals surface area contributed by atoms with Crippen LogP contribution in [-0.4, -0.2) is 48.9 Å². The number of ketones is 1. The standard InChI is InChI=1S/C30H35F3N2O4/c1-39-26-12-6-22(7-13-26)27(36)14-15-28(37)34-25-10-4-20(5-11-25)21-16-18-35(19-17-21)29(38)23-2-8-24(9-3-23)30(31,32)33/h4-7,10-13,21,23-24H,2-3,8-9,14-19H2,1H3,(H,34,37). The number of carbonyl (C=O) groups excluding carboxylic acids is 3. The van der Waals surface area contributed by atoms with Gasteiger partial charge < -0.3 is 15.0 Å². The quantitative estimate of drug-likeness (QED) is 0.392. The SMILES string of the molecule is COc1ccc(C(=O)CCC(=O)Nc2ccc(C3CCN(C(=O)C4CCC(C(F)(F)F)CC4)CC3)cc2)cc1. The fraction of sp³-hybridized carbons (Fsp3) is 0.500. The van der Waals surface area contributed by atoms with Gasteiger partial charge in [-0.15, -0.1) is 0 Å². The average molecular weight is 545 g/mol. The van der Waals surface area contributed by atoms with Gasteiger partial charge in [0.25, 0.3) is 0 Å². The molecular formula is C30H35F3N2O4. The number of carbonyl (C=O) groups is 3. The highest BCUT2D eigenvalue weighted by Gasteiger charge is 2.43. The summed E-state index contributed by atoms with van der Waals surface area (Å²) < 4.78 is 43.9. The minimum Gasteiger partial charge on any atom is -0.497 e. The molecule has 39 heavy (non-hydrogen) atoms. The predicted molar refractivity (Wildman–Crippen MR) is 142 cm³/mol. The number of piperidine rings is 1. The summed E-state index contributed by atoms with van der Waals surface area (Å²) in [5.41, 5.74) is 2.32. The van der Waals surface area contributed by atoms with Gasteiger partial charge in [0.05, 0.1) is 13.0 Å². The van der Waals surface area contributed by atoms with E-state index in [1.807, 2.05) is 29.2 Å². The van der Waals surface area contributed by atoms with Crippen molar-refractivity contribution in [2.45, 2.75) is 63.5 Å². The molecule has 0 radical (unpaired) electrons. The molecule has 0 aromatic heterocycles. The number of amides is 2. The molecule has 2 aromatic carbocycles. The zero-order valence-electron chi connectivity index (χ0n) is 22.1. The first kappa shape index (κ1) is 28.6. The molecule has 210 valence electrons. The number of ether oxygens (including phenoxy) is 1. The van der Waals surface area contributed by atoms with E-state index in [0.717, 1.165) is 18.4 Å². The molecule has 1 heterocycles. The summed E-state index contributed by atoms with van der Waals surface area (Å²) in [6, 6.07) is 14.4. The number of nitrogens with zero attached hydrogens (tertiary/aromatic N) is 1. The summed E-state index contributed by atoms with van der Waals surface area (Å²) in [7, 11) is 1.56. The summed E-state index contributed by atoms with van der Waals surface area (Å²) in [5.74, 6) is -0.976. The largest absolute Gasteiger partial charge is 0.497 e. The van der Waals surface area contributed by atoms with Gasteiger partial charge in [-0.1, -0.05) is 12.1 Å². The lowest BCUT2D eigenvalue weighted by molar-refractivity contribution is -0.185. The van der Waals surface area contributed by atoms with E-state index in [-0.39, 0.29) is 55.1 Å². The van der Waals surface area contributed by atoms with Crippen molar-refractivity contribution in [3.05, 3.63) is 59.7 Å². The zero-order chi connectivity index (χ0) is 28.0. The van der Waals surface area contributed by atoms with E-state index in [9.17, 15) is 27.6 Å². The number of halogens is 3. The van der Waals surface area contributed by atoms with E-state index in [0.29, 0.717) is 42.9 Å². The molecule has 2 aromatic rings. The van der Waals surface area contributed by atoms with Crippen LogP contribution >= 0.6 is 0 Å². The number of benzene rings is 2. The van der Waals surface area contributed by atoms with Crippen molar-refractivity contribution >= 4 is 23.3 Å². The minimum absolute atomic E-state index is 0.00222. The lowest BCUT2D eigenvalue weighted by Crippen LogP contribution is -2.43. The second-order valence-corrected chi connectivity index (χ2v) is 10.5. The van der Waals surface area contributed by atoms with Crippen molar-refractivity contribution < 1.29 is 32.3 Å². The van der Waals surface area contributed by atoms with Crippen LogP contribution in [0.15, 0.2) is 48.5 Å². The van der Waals surface area contributed by atoms with E-state index >= 15 is 0 Å². The van der Waals surface area contributed by atoms with Gasteiger partial charge in [-0.25, -0.2) is 0 Å². The van der Waals surface area contributed by atoms with Crippen LogP contribution in [-0.2, 0) is 9.59 Å². The first-order valence-electron chi connectivity index (χ1n) is 13.6.